The molecule has 0 radical (unpaired) electrons. The molecule has 0 spiro atoms. The lowest BCUT2D eigenvalue weighted by atomic mass is 10.1. The van der Waals surface area contributed by atoms with Gasteiger partial charge in [0.25, 0.3) is 11.7 Å². The van der Waals surface area contributed by atoms with E-state index in [0.717, 1.165) is 0 Å². The third-order valence-electron chi connectivity index (χ3n) is 6.99. The summed E-state index contributed by atoms with van der Waals surface area (Å²) in [5, 5.41) is 0. The number of para-hydroxylation sites is 1. The van der Waals surface area contributed by atoms with Gasteiger partial charge in [0.2, 0.25) is 10.0 Å². The minimum atomic E-state index is -3.93. The summed E-state index contributed by atoms with van der Waals surface area (Å²) >= 11 is 0. The second-order valence-corrected chi connectivity index (χ2v) is 13.0. The van der Waals surface area contributed by atoms with Crippen LogP contribution in [0.3, 0.4) is 0 Å². The van der Waals surface area contributed by atoms with Gasteiger partial charge < -0.3 is 14.4 Å². The Balaban J connectivity index is 1.32. The molecular weight excluding hydrogens is 544 g/mol. The fourth-order valence-corrected chi connectivity index (χ4v) is 6.71. The molecule has 41 heavy (non-hydrogen) atoms. The molecule has 0 unspecified atom stereocenters. The molecule has 2 aliphatic heterocycles. The third kappa shape index (κ3) is 6.03. The van der Waals surface area contributed by atoms with Crippen LogP contribution in [0.2, 0.25) is 0 Å². The molecule has 9 nitrogen and oxygen atoms in total. The maximum atomic E-state index is 13.6. The molecule has 10 heteroatoms. The molecule has 1 atom stereocenters. The van der Waals surface area contributed by atoms with Crippen molar-refractivity contribution < 1.29 is 32.3 Å². The topological polar surface area (TPSA) is 110 Å². The largest absolute Gasteiger partial charge is 0.492 e. The number of nitrogens with zero attached hydrogens (tertiary/aromatic N) is 2. The molecule has 1 amide bonds. The third-order valence-corrected chi connectivity index (χ3v) is 8.94. The first-order valence-corrected chi connectivity index (χ1v) is 14.9. The summed E-state index contributed by atoms with van der Waals surface area (Å²) in [6, 6.07) is 19.7. The molecule has 1 saturated heterocycles. The van der Waals surface area contributed by atoms with Gasteiger partial charge in [-0.05, 0) is 81.6 Å². The van der Waals surface area contributed by atoms with Crippen molar-refractivity contribution in [3.63, 3.8) is 0 Å². The highest BCUT2D eigenvalue weighted by molar-refractivity contribution is 7.89. The fraction of sp³-hybridized carbons (Fsp3) is 0.323. The summed E-state index contributed by atoms with van der Waals surface area (Å²) in [7, 11) is -3.93. The van der Waals surface area contributed by atoms with E-state index in [2.05, 4.69) is 0 Å². The molecule has 0 aliphatic carbocycles. The van der Waals surface area contributed by atoms with Crippen molar-refractivity contribution in [1.29, 1.82) is 0 Å². The Morgan fingerprint density at radius 2 is 1.68 bits per heavy atom. The van der Waals surface area contributed by atoms with E-state index in [-0.39, 0.29) is 29.7 Å². The highest BCUT2D eigenvalue weighted by atomic mass is 32.2. The number of hydrogen-bond acceptors (Lipinski definition) is 7. The standard InChI is InChI=1S/C31H32N2O7S/c1-31(2,3)40-30(36)22-13-11-21(12-14-22)19-32-27-16-15-25(18-26(27)28(34)29(32)35)41(37,38)33-17-7-8-23(33)20-39-24-9-5-4-6-10-24/h4-6,9-16,18,23H,7-8,17,19-20H2,1-3H3/t23-/m0/s1. The van der Waals surface area contributed by atoms with E-state index >= 15 is 0 Å². The predicted octanol–water partition coefficient (Wildman–Crippen LogP) is 4.60. The number of amides is 1. The Labute approximate surface area is 239 Å². The summed E-state index contributed by atoms with van der Waals surface area (Å²) in [5.74, 6) is -1.28. The van der Waals surface area contributed by atoms with Crippen LogP contribution in [-0.2, 0) is 26.1 Å². The molecule has 0 N–H and O–H groups in total. The van der Waals surface area contributed by atoms with Crippen LogP contribution in [0.4, 0.5) is 5.69 Å². The zero-order valence-corrected chi connectivity index (χ0v) is 24.0. The highest BCUT2D eigenvalue weighted by Gasteiger charge is 2.40. The van der Waals surface area contributed by atoms with Crippen LogP contribution in [-0.4, -0.2) is 55.2 Å². The van der Waals surface area contributed by atoms with E-state index in [1.54, 1.807) is 45.0 Å². The van der Waals surface area contributed by atoms with E-state index in [9.17, 15) is 22.8 Å². The number of ketones is 1. The number of fused-ring (bicyclic) bond motifs is 1. The number of hydrogen-bond donors (Lipinski definition) is 0. The quantitative estimate of drug-likeness (QED) is 0.285. The second-order valence-electron chi connectivity index (χ2n) is 11.1. The minimum Gasteiger partial charge on any atom is -0.492 e. The summed E-state index contributed by atoms with van der Waals surface area (Å²) < 4.78 is 39.9. The number of carbonyl (C=O) groups is 3. The SMILES string of the molecule is CC(C)(C)OC(=O)c1ccc(CN2C(=O)C(=O)c3cc(S(=O)(=O)N4CCC[C@H]4COc4ccccc4)ccc32)cc1. The first-order valence-electron chi connectivity index (χ1n) is 13.5. The van der Waals surface area contributed by atoms with Crippen LogP contribution in [0.1, 0.15) is 59.9 Å². The highest BCUT2D eigenvalue weighted by Crippen LogP contribution is 2.34. The van der Waals surface area contributed by atoms with Gasteiger partial charge >= 0.3 is 5.97 Å². The molecule has 3 aromatic carbocycles. The molecule has 5 rings (SSSR count). The molecule has 1 fully saturated rings. The molecule has 214 valence electrons. The first-order chi connectivity index (χ1) is 19.4. The lowest BCUT2D eigenvalue weighted by Crippen LogP contribution is -2.39. The molecule has 3 aromatic rings. The molecule has 2 heterocycles. The van der Waals surface area contributed by atoms with Crippen molar-refractivity contribution in [2.45, 2.75) is 56.7 Å². The average Bonchev–Trinajstić information content (AvgIpc) is 3.51. The van der Waals surface area contributed by atoms with Crippen molar-refractivity contribution in [2.75, 3.05) is 18.1 Å². The number of rotatable bonds is 8. The molecule has 0 bridgehead atoms. The number of Topliss-reactive ketones (excluding diaryl/α,β-unsaturated/α-hetero) is 1. The van der Waals surface area contributed by atoms with E-state index < -0.39 is 33.3 Å². The van der Waals surface area contributed by atoms with Crippen molar-refractivity contribution in [3.05, 3.63) is 89.5 Å². The minimum absolute atomic E-state index is 0.0347. The van der Waals surface area contributed by atoms with Gasteiger partial charge in [-0.15, -0.1) is 0 Å². The van der Waals surface area contributed by atoms with Crippen molar-refractivity contribution in [3.8, 4) is 5.75 Å². The lowest BCUT2D eigenvalue weighted by Gasteiger charge is -2.24. The monoisotopic (exact) mass is 576 g/mol. The van der Waals surface area contributed by atoms with Gasteiger partial charge in [-0.3, -0.25) is 9.59 Å². The second kappa shape index (κ2) is 11.1. The van der Waals surface area contributed by atoms with Gasteiger partial charge in [0, 0.05) is 6.54 Å². The lowest BCUT2D eigenvalue weighted by molar-refractivity contribution is -0.114. The van der Waals surface area contributed by atoms with Crippen LogP contribution in [0.25, 0.3) is 0 Å². The van der Waals surface area contributed by atoms with E-state index in [1.807, 2.05) is 30.3 Å². The van der Waals surface area contributed by atoms with Crippen LogP contribution >= 0.6 is 0 Å². The van der Waals surface area contributed by atoms with Crippen molar-refractivity contribution in [1.82, 2.24) is 4.31 Å². The number of ether oxygens (including phenoxy) is 2. The Morgan fingerprint density at radius 3 is 2.37 bits per heavy atom. The number of anilines is 1. The van der Waals surface area contributed by atoms with Crippen LogP contribution < -0.4 is 9.64 Å². The van der Waals surface area contributed by atoms with E-state index in [1.165, 1.54) is 27.4 Å². The Bertz CT molecular complexity index is 1580. The predicted molar refractivity (Wildman–Crippen MR) is 152 cm³/mol. The molecule has 0 saturated carbocycles. The number of esters is 1. The zero-order valence-electron chi connectivity index (χ0n) is 23.2. The number of benzene rings is 3. The first kappa shape index (κ1) is 28.5. The van der Waals surface area contributed by atoms with Gasteiger partial charge in [-0.2, -0.15) is 4.31 Å². The van der Waals surface area contributed by atoms with Crippen LogP contribution in [0, 0.1) is 0 Å². The zero-order chi connectivity index (χ0) is 29.4. The molecule has 0 aromatic heterocycles. The maximum Gasteiger partial charge on any atom is 0.338 e. The van der Waals surface area contributed by atoms with Gasteiger partial charge in [0.05, 0.1) is 34.3 Å². The number of sulfonamides is 1. The van der Waals surface area contributed by atoms with Gasteiger partial charge in [0.15, 0.2) is 0 Å². The molecule has 2 aliphatic rings. The fourth-order valence-electron chi connectivity index (χ4n) is 5.00. The van der Waals surface area contributed by atoms with Gasteiger partial charge in [0.1, 0.15) is 18.0 Å². The molecular formula is C31H32N2O7S. The summed E-state index contributed by atoms with van der Waals surface area (Å²) in [5.41, 5.74) is 0.844. The summed E-state index contributed by atoms with van der Waals surface area (Å²) in [6.07, 6.45) is 1.36. The normalized spacial score (nSPS) is 17.5. The van der Waals surface area contributed by atoms with E-state index in [0.29, 0.717) is 42.0 Å². The van der Waals surface area contributed by atoms with E-state index in [4.69, 9.17) is 9.47 Å². The Morgan fingerprint density at radius 1 is 0.976 bits per heavy atom. The Hall–Kier alpha value is -4.02. The van der Waals surface area contributed by atoms with Crippen LogP contribution in [0.5, 0.6) is 5.75 Å². The van der Waals surface area contributed by atoms with Crippen molar-refractivity contribution in [2.24, 2.45) is 0 Å². The summed E-state index contributed by atoms with van der Waals surface area (Å²) in [4.78, 5) is 39.4. The van der Waals surface area contributed by atoms with Gasteiger partial charge in [-0.25, -0.2) is 13.2 Å². The van der Waals surface area contributed by atoms with Gasteiger partial charge in [-0.1, -0.05) is 30.3 Å². The Kier molecular flexibility index (Phi) is 7.72. The smallest absolute Gasteiger partial charge is 0.338 e. The number of carbonyl (C=O) groups excluding carboxylic acids is 3. The summed E-state index contributed by atoms with van der Waals surface area (Å²) in [6.45, 7) is 6.00. The average molecular weight is 577 g/mol. The van der Waals surface area contributed by atoms with Crippen molar-refractivity contribution >= 4 is 33.4 Å². The van der Waals surface area contributed by atoms with Crippen LogP contribution in [0.15, 0.2) is 77.7 Å². The maximum absolute atomic E-state index is 13.6.